The Morgan fingerprint density at radius 2 is 1.78 bits per heavy atom. The van der Waals surface area contributed by atoms with Crippen molar-refractivity contribution in [1.82, 2.24) is 4.90 Å². The topological polar surface area (TPSA) is 76.9 Å². The van der Waals surface area contributed by atoms with Crippen molar-refractivity contribution in [2.45, 2.75) is 19.6 Å². The molecular formula is C28H27F2N3O4. The fraction of sp³-hybridized carbons (Fsp3) is 0.286. The number of rotatable bonds is 6. The third kappa shape index (κ3) is 5.63. The second-order valence-corrected chi connectivity index (χ2v) is 9.28. The Kier molecular flexibility index (Phi) is 7.16. The summed E-state index contributed by atoms with van der Waals surface area (Å²) in [4.78, 5) is 13.8. The monoisotopic (exact) mass is 507 g/mol. The number of nitrogens with zero attached hydrogens (tertiary/aromatic N) is 2. The Labute approximate surface area is 213 Å². The van der Waals surface area contributed by atoms with Crippen LogP contribution in [0.5, 0.6) is 5.75 Å². The molecule has 37 heavy (non-hydrogen) atoms. The summed E-state index contributed by atoms with van der Waals surface area (Å²) in [5, 5.41) is 15.3. The molecule has 2 heterocycles. The van der Waals surface area contributed by atoms with Gasteiger partial charge in [0.05, 0.1) is 18.1 Å². The van der Waals surface area contributed by atoms with Crippen LogP contribution in [0.3, 0.4) is 0 Å². The lowest BCUT2D eigenvalue weighted by molar-refractivity contribution is -0.384. The molecule has 192 valence electrons. The number of hydrogen-bond donors (Lipinski definition) is 1. The third-order valence-electron chi connectivity index (χ3n) is 6.54. The van der Waals surface area contributed by atoms with Crippen LogP contribution in [0.2, 0.25) is 0 Å². The molecule has 7 nitrogen and oxygen atoms in total. The predicted molar refractivity (Wildman–Crippen MR) is 138 cm³/mol. The molecule has 3 aromatic rings. The van der Waals surface area contributed by atoms with E-state index in [2.05, 4.69) is 10.2 Å². The maximum absolute atomic E-state index is 14.0. The van der Waals surface area contributed by atoms with E-state index in [-0.39, 0.29) is 18.3 Å². The van der Waals surface area contributed by atoms with E-state index in [1.807, 2.05) is 6.92 Å². The first-order valence-corrected chi connectivity index (χ1v) is 12.2. The minimum absolute atomic E-state index is 0.0106. The van der Waals surface area contributed by atoms with Crippen LogP contribution in [-0.4, -0.2) is 48.7 Å². The molecule has 2 aliphatic rings. The molecule has 0 amide bonds. The van der Waals surface area contributed by atoms with Gasteiger partial charge in [0.2, 0.25) is 0 Å². The van der Waals surface area contributed by atoms with Crippen LogP contribution >= 0.6 is 0 Å². The highest BCUT2D eigenvalue weighted by atomic mass is 19.1. The van der Waals surface area contributed by atoms with Crippen LogP contribution in [0.4, 0.5) is 20.2 Å². The normalized spacial score (nSPS) is 17.3. The molecule has 3 aromatic carbocycles. The first-order valence-electron chi connectivity index (χ1n) is 12.2. The summed E-state index contributed by atoms with van der Waals surface area (Å²) >= 11 is 0. The molecule has 0 radical (unpaired) electrons. The number of nitro groups is 1. The van der Waals surface area contributed by atoms with Gasteiger partial charge in [-0.25, -0.2) is 8.78 Å². The molecule has 1 N–H and O–H groups in total. The average molecular weight is 508 g/mol. The van der Waals surface area contributed by atoms with Gasteiger partial charge in [0.1, 0.15) is 29.7 Å². The summed E-state index contributed by atoms with van der Waals surface area (Å²) in [7, 11) is 0. The minimum Gasteiger partial charge on any atom is -0.488 e. The Morgan fingerprint density at radius 3 is 2.54 bits per heavy atom. The van der Waals surface area contributed by atoms with Crippen LogP contribution in [0.15, 0.2) is 54.6 Å². The third-order valence-corrected chi connectivity index (χ3v) is 6.54. The zero-order valence-electron chi connectivity index (χ0n) is 20.4. The second kappa shape index (κ2) is 10.7. The zero-order chi connectivity index (χ0) is 25.9. The van der Waals surface area contributed by atoms with Gasteiger partial charge in [-0.15, -0.1) is 0 Å². The summed E-state index contributed by atoms with van der Waals surface area (Å²) < 4.78 is 39.1. The van der Waals surface area contributed by atoms with Gasteiger partial charge in [-0.2, -0.15) is 0 Å². The first kappa shape index (κ1) is 24.9. The SMILES string of the molecule is C[C@H](CN1CCOCC1)Nc1ccc(/C=C2\c3ccc(F)cc3COc3cc(F)ccc32)cc1[N+](=O)[O-]. The molecule has 0 spiro atoms. The van der Waals surface area contributed by atoms with Crippen molar-refractivity contribution in [2.75, 3.05) is 38.2 Å². The van der Waals surface area contributed by atoms with Gasteiger partial charge in [-0.1, -0.05) is 12.1 Å². The lowest BCUT2D eigenvalue weighted by Crippen LogP contribution is -2.42. The van der Waals surface area contributed by atoms with Crippen LogP contribution < -0.4 is 10.1 Å². The fourth-order valence-corrected chi connectivity index (χ4v) is 4.80. The summed E-state index contributed by atoms with van der Waals surface area (Å²) in [6.07, 6.45) is 1.79. The average Bonchev–Trinajstić information content (AvgIpc) is 3.01. The summed E-state index contributed by atoms with van der Waals surface area (Å²) in [5.74, 6) is -0.531. The highest BCUT2D eigenvalue weighted by Gasteiger charge is 2.22. The highest BCUT2D eigenvalue weighted by Crippen LogP contribution is 2.39. The van der Waals surface area contributed by atoms with E-state index >= 15 is 0 Å². The Balaban J connectivity index is 1.50. The largest absolute Gasteiger partial charge is 0.488 e. The number of halogens is 2. The molecule has 9 heteroatoms. The first-order chi connectivity index (χ1) is 17.9. The van der Waals surface area contributed by atoms with E-state index in [1.54, 1.807) is 30.3 Å². The standard InChI is InChI=1S/C28H27F2N3O4/c1-18(16-32-8-10-36-11-9-32)31-26-7-2-19(13-27(26)33(34)35)12-25-23-5-3-21(29)14-20(23)17-37-28-15-22(30)4-6-24(25)28/h2-7,12-15,18,31H,8-11,16-17H2,1H3/b25-12+/t18-/m1/s1. The van der Waals surface area contributed by atoms with Gasteiger partial charge < -0.3 is 14.8 Å². The second-order valence-electron chi connectivity index (χ2n) is 9.28. The molecule has 1 atom stereocenters. The van der Waals surface area contributed by atoms with Gasteiger partial charge in [-0.05, 0) is 60.0 Å². The molecule has 2 aliphatic heterocycles. The van der Waals surface area contributed by atoms with Crippen LogP contribution in [-0.2, 0) is 11.3 Å². The van der Waals surface area contributed by atoms with E-state index in [4.69, 9.17) is 9.47 Å². The summed E-state index contributed by atoms with van der Waals surface area (Å²) in [5.41, 5.74) is 3.58. The van der Waals surface area contributed by atoms with Crippen LogP contribution in [0.1, 0.15) is 29.2 Å². The van der Waals surface area contributed by atoms with E-state index < -0.39 is 16.6 Å². The quantitative estimate of drug-likeness (QED) is 0.351. The molecule has 1 fully saturated rings. The van der Waals surface area contributed by atoms with Crippen molar-refractivity contribution in [2.24, 2.45) is 0 Å². The Morgan fingerprint density at radius 1 is 1.05 bits per heavy atom. The van der Waals surface area contributed by atoms with Crippen molar-refractivity contribution in [3.8, 4) is 5.75 Å². The molecule has 0 aromatic heterocycles. The number of nitrogens with one attached hydrogen (secondary N) is 1. The maximum Gasteiger partial charge on any atom is 0.292 e. The molecule has 0 saturated carbocycles. The molecule has 0 bridgehead atoms. The zero-order valence-corrected chi connectivity index (χ0v) is 20.4. The van der Waals surface area contributed by atoms with Gasteiger partial charge >= 0.3 is 0 Å². The van der Waals surface area contributed by atoms with Gasteiger partial charge in [0.15, 0.2) is 0 Å². The van der Waals surface area contributed by atoms with Gasteiger partial charge in [0, 0.05) is 48.9 Å². The van der Waals surface area contributed by atoms with E-state index in [0.29, 0.717) is 46.9 Å². The molecule has 1 saturated heterocycles. The van der Waals surface area contributed by atoms with E-state index in [1.165, 1.54) is 30.3 Å². The Bertz CT molecular complexity index is 1300. The lowest BCUT2D eigenvalue weighted by atomic mass is 9.92. The van der Waals surface area contributed by atoms with Crippen LogP contribution in [0.25, 0.3) is 11.6 Å². The Hall–Kier alpha value is -3.82. The predicted octanol–water partition coefficient (Wildman–Crippen LogP) is 5.49. The summed E-state index contributed by atoms with van der Waals surface area (Å²) in [6, 6.07) is 13.6. The molecule has 5 rings (SSSR count). The molecule has 0 aliphatic carbocycles. The van der Waals surface area contributed by atoms with Crippen molar-refractivity contribution in [3.05, 3.63) is 98.6 Å². The molecular weight excluding hydrogens is 480 g/mol. The van der Waals surface area contributed by atoms with Crippen molar-refractivity contribution < 1.29 is 23.2 Å². The highest BCUT2D eigenvalue weighted by molar-refractivity contribution is 5.95. The smallest absolute Gasteiger partial charge is 0.292 e. The number of ether oxygens (including phenoxy) is 2. The number of anilines is 1. The number of morpholine rings is 1. The minimum atomic E-state index is -0.451. The number of nitro benzene ring substituents is 1. The number of hydrogen-bond acceptors (Lipinski definition) is 6. The number of benzene rings is 3. The van der Waals surface area contributed by atoms with Crippen LogP contribution in [0, 0.1) is 21.7 Å². The van der Waals surface area contributed by atoms with E-state index in [0.717, 1.165) is 25.2 Å². The summed E-state index contributed by atoms with van der Waals surface area (Å²) in [6.45, 7) is 5.85. The maximum atomic E-state index is 14.0. The number of fused-ring (bicyclic) bond motifs is 2. The van der Waals surface area contributed by atoms with Gasteiger partial charge in [-0.3, -0.25) is 15.0 Å². The van der Waals surface area contributed by atoms with Crippen molar-refractivity contribution in [3.63, 3.8) is 0 Å². The van der Waals surface area contributed by atoms with E-state index in [9.17, 15) is 18.9 Å². The van der Waals surface area contributed by atoms with Crippen molar-refractivity contribution in [1.29, 1.82) is 0 Å². The lowest BCUT2D eigenvalue weighted by Gasteiger charge is -2.29. The molecule has 0 unspecified atom stereocenters. The van der Waals surface area contributed by atoms with Gasteiger partial charge in [0.25, 0.3) is 5.69 Å². The fourth-order valence-electron chi connectivity index (χ4n) is 4.80. The van der Waals surface area contributed by atoms with Crippen molar-refractivity contribution >= 4 is 23.0 Å².